The molecule has 0 spiro atoms. The Morgan fingerprint density at radius 3 is 2.65 bits per heavy atom. The lowest BCUT2D eigenvalue weighted by Gasteiger charge is -2.10. The largest absolute Gasteiger partial charge is 0.493 e. The van der Waals surface area contributed by atoms with Gasteiger partial charge in [0, 0.05) is 0 Å². The molecule has 4 rings (SSSR count). The highest BCUT2D eigenvalue weighted by atomic mass is 16.5. The Morgan fingerprint density at radius 1 is 1.08 bits per heavy atom. The van der Waals surface area contributed by atoms with Crippen LogP contribution in [-0.2, 0) is 0 Å². The molecule has 0 fully saturated rings. The van der Waals surface area contributed by atoms with E-state index in [1.165, 1.54) is 6.20 Å². The van der Waals surface area contributed by atoms with Gasteiger partial charge in [-0.25, -0.2) is 9.67 Å². The van der Waals surface area contributed by atoms with Crippen LogP contribution in [0.25, 0.3) is 28.1 Å². The molecular formula is C20H18N4O2. The highest BCUT2D eigenvalue weighted by molar-refractivity contribution is 5.78. The molecule has 1 N–H and O–H groups in total. The van der Waals surface area contributed by atoms with Crippen LogP contribution in [0.2, 0.25) is 0 Å². The normalized spacial score (nSPS) is 11.0. The number of fused-ring (bicyclic) bond motifs is 1. The number of rotatable bonds is 5. The molecule has 0 aliphatic carbocycles. The second-order valence-electron chi connectivity index (χ2n) is 5.89. The van der Waals surface area contributed by atoms with Gasteiger partial charge in [0.15, 0.2) is 5.65 Å². The summed E-state index contributed by atoms with van der Waals surface area (Å²) in [4.78, 5) is 20.1. The van der Waals surface area contributed by atoms with E-state index in [4.69, 9.17) is 4.74 Å². The van der Waals surface area contributed by atoms with Gasteiger partial charge >= 0.3 is 0 Å². The predicted octanol–water partition coefficient (Wildman–Crippen LogP) is 3.56. The van der Waals surface area contributed by atoms with Gasteiger partial charge in [0.05, 0.1) is 24.1 Å². The van der Waals surface area contributed by atoms with Gasteiger partial charge in [0.25, 0.3) is 5.56 Å². The number of para-hydroxylation sites is 2. The minimum absolute atomic E-state index is 0.225. The Balaban J connectivity index is 1.89. The van der Waals surface area contributed by atoms with E-state index in [1.54, 1.807) is 4.68 Å². The zero-order valence-electron chi connectivity index (χ0n) is 14.3. The topological polar surface area (TPSA) is 72.8 Å². The summed E-state index contributed by atoms with van der Waals surface area (Å²) < 4.78 is 7.47. The number of benzene rings is 2. The number of H-pyrrole nitrogens is 1. The van der Waals surface area contributed by atoms with Gasteiger partial charge in [-0.15, -0.1) is 0 Å². The van der Waals surface area contributed by atoms with Crippen LogP contribution < -0.4 is 10.3 Å². The van der Waals surface area contributed by atoms with Crippen LogP contribution in [0.15, 0.2) is 65.6 Å². The van der Waals surface area contributed by atoms with E-state index < -0.39 is 0 Å². The Labute approximate surface area is 150 Å². The van der Waals surface area contributed by atoms with Crippen molar-refractivity contribution in [2.45, 2.75) is 13.3 Å². The molecule has 0 saturated carbocycles. The average molecular weight is 346 g/mol. The zero-order valence-corrected chi connectivity index (χ0v) is 14.3. The molecule has 0 saturated heterocycles. The number of aromatic amines is 1. The van der Waals surface area contributed by atoms with Crippen molar-refractivity contribution in [3.8, 4) is 22.8 Å². The number of hydrogen-bond donors (Lipinski definition) is 1. The van der Waals surface area contributed by atoms with E-state index in [0.29, 0.717) is 29.2 Å². The molecule has 2 aromatic heterocycles. The predicted molar refractivity (Wildman–Crippen MR) is 101 cm³/mol. The number of nitrogens with zero attached hydrogens (tertiary/aromatic N) is 3. The third-order valence-corrected chi connectivity index (χ3v) is 4.04. The third kappa shape index (κ3) is 2.86. The highest BCUT2D eigenvalue weighted by Gasteiger charge is 2.14. The second kappa shape index (κ2) is 6.84. The van der Waals surface area contributed by atoms with Crippen LogP contribution in [0.5, 0.6) is 5.75 Å². The standard InChI is InChI=1S/C20H18N4O2/c1-2-12-26-17-11-7-6-10-15(17)18-22-19-16(20(25)23-18)13-21-24(19)14-8-4-3-5-9-14/h3-11,13H,2,12H2,1H3,(H,22,23,25). The quantitative estimate of drug-likeness (QED) is 0.600. The van der Waals surface area contributed by atoms with Gasteiger partial charge in [-0.05, 0) is 30.7 Å². The first-order valence-electron chi connectivity index (χ1n) is 8.53. The minimum atomic E-state index is -0.225. The molecule has 2 heterocycles. The van der Waals surface area contributed by atoms with Gasteiger partial charge < -0.3 is 9.72 Å². The summed E-state index contributed by atoms with van der Waals surface area (Å²) in [5.41, 5.74) is 1.89. The third-order valence-electron chi connectivity index (χ3n) is 4.04. The summed E-state index contributed by atoms with van der Waals surface area (Å²) in [6.07, 6.45) is 2.44. The molecule has 130 valence electrons. The number of nitrogens with one attached hydrogen (secondary N) is 1. The van der Waals surface area contributed by atoms with Crippen molar-refractivity contribution in [2.24, 2.45) is 0 Å². The molecule has 0 aliphatic rings. The molecule has 26 heavy (non-hydrogen) atoms. The molecule has 0 aliphatic heterocycles. The lowest BCUT2D eigenvalue weighted by molar-refractivity contribution is 0.318. The summed E-state index contributed by atoms with van der Waals surface area (Å²) in [5.74, 6) is 1.16. The zero-order chi connectivity index (χ0) is 17.9. The lowest BCUT2D eigenvalue weighted by Crippen LogP contribution is -2.10. The van der Waals surface area contributed by atoms with Crippen LogP contribution in [0.4, 0.5) is 0 Å². The van der Waals surface area contributed by atoms with E-state index in [2.05, 4.69) is 15.1 Å². The van der Waals surface area contributed by atoms with Gasteiger partial charge in [0.2, 0.25) is 0 Å². The van der Waals surface area contributed by atoms with Crippen LogP contribution in [0, 0.1) is 0 Å². The number of hydrogen-bond acceptors (Lipinski definition) is 4. The van der Waals surface area contributed by atoms with Gasteiger partial charge in [-0.2, -0.15) is 5.10 Å². The van der Waals surface area contributed by atoms with Crippen molar-refractivity contribution in [1.29, 1.82) is 0 Å². The lowest BCUT2D eigenvalue weighted by atomic mass is 10.2. The van der Waals surface area contributed by atoms with Crippen LogP contribution in [-0.4, -0.2) is 26.4 Å². The summed E-state index contributed by atoms with van der Waals surface area (Å²) in [7, 11) is 0. The maximum atomic E-state index is 12.6. The van der Waals surface area contributed by atoms with E-state index in [1.807, 2.05) is 61.5 Å². The van der Waals surface area contributed by atoms with Crippen molar-refractivity contribution in [1.82, 2.24) is 19.7 Å². The van der Waals surface area contributed by atoms with Gasteiger partial charge in [-0.3, -0.25) is 4.79 Å². The van der Waals surface area contributed by atoms with Gasteiger partial charge in [-0.1, -0.05) is 37.3 Å². The summed E-state index contributed by atoms with van der Waals surface area (Å²) in [5, 5.41) is 4.78. The Hall–Kier alpha value is -3.41. The molecule has 2 aromatic carbocycles. The first-order chi connectivity index (χ1) is 12.8. The van der Waals surface area contributed by atoms with E-state index in [0.717, 1.165) is 17.7 Å². The fraction of sp³-hybridized carbons (Fsp3) is 0.150. The number of aromatic nitrogens is 4. The molecule has 0 unspecified atom stereocenters. The molecule has 0 amide bonds. The van der Waals surface area contributed by atoms with E-state index >= 15 is 0 Å². The molecule has 4 aromatic rings. The maximum absolute atomic E-state index is 12.6. The Morgan fingerprint density at radius 2 is 1.85 bits per heavy atom. The summed E-state index contributed by atoms with van der Waals surface area (Å²) in [6, 6.07) is 17.2. The van der Waals surface area contributed by atoms with Crippen LogP contribution in [0.1, 0.15) is 13.3 Å². The molecule has 0 atom stereocenters. The van der Waals surface area contributed by atoms with Crippen molar-refractivity contribution in [3.05, 3.63) is 71.1 Å². The Bertz CT molecular complexity index is 1100. The van der Waals surface area contributed by atoms with E-state index in [-0.39, 0.29) is 5.56 Å². The molecular weight excluding hydrogens is 328 g/mol. The fourth-order valence-electron chi connectivity index (χ4n) is 2.80. The Kier molecular flexibility index (Phi) is 4.23. The second-order valence-corrected chi connectivity index (χ2v) is 5.89. The highest BCUT2D eigenvalue weighted by Crippen LogP contribution is 2.27. The fourth-order valence-corrected chi connectivity index (χ4v) is 2.80. The maximum Gasteiger partial charge on any atom is 0.262 e. The van der Waals surface area contributed by atoms with Crippen LogP contribution >= 0.6 is 0 Å². The smallest absolute Gasteiger partial charge is 0.262 e. The molecule has 6 nitrogen and oxygen atoms in total. The molecule has 0 radical (unpaired) electrons. The first kappa shape index (κ1) is 16.1. The van der Waals surface area contributed by atoms with Crippen molar-refractivity contribution in [3.63, 3.8) is 0 Å². The minimum Gasteiger partial charge on any atom is -0.493 e. The van der Waals surface area contributed by atoms with Crippen molar-refractivity contribution < 1.29 is 4.74 Å². The number of ether oxygens (including phenoxy) is 1. The monoisotopic (exact) mass is 346 g/mol. The summed E-state index contributed by atoms with van der Waals surface area (Å²) in [6.45, 7) is 2.65. The van der Waals surface area contributed by atoms with Gasteiger partial charge in [0.1, 0.15) is 17.0 Å². The summed E-state index contributed by atoms with van der Waals surface area (Å²) >= 11 is 0. The van der Waals surface area contributed by atoms with Crippen molar-refractivity contribution in [2.75, 3.05) is 6.61 Å². The van der Waals surface area contributed by atoms with Crippen molar-refractivity contribution >= 4 is 11.0 Å². The molecule has 0 bridgehead atoms. The first-order valence-corrected chi connectivity index (χ1v) is 8.53. The molecule has 6 heteroatoms. The van der Waals surface area contributed by atoms with Crippen LogP contribution in [0.3, 0.4) is 0 Å². The average Bonchev–Trinajstić information content (AvgIpc) is 3.12. The SMILES string of the molecule is CCCOc1ccccc1-c1nc2c(cnn2-c2ccccc2)c(=O)[nH]1. The van der Waals surface area contributed by atoms with E-state index in [9.17, 15) is 4.79 Å².